The maximum atomic E-state index is 12.8. The monoisotopic (exact) mass is 265 g/mol. The van der Waals surface area contributed by atoms with E-state index in [1.807, 2.05) is 0 Å². The molecule has 0 aromatic carbocycles. The SMILES string of the molecule is CCOC(=O)c1c(C(F)F)c(CCl)c[nH]c1=O. The Bertz CT molecular complexity index is 473. The van der Waals surface area contributed by atoms with Crippen molar-refractivity contribution in [2.75, 3.05) is 6.61 Å². The van der Waals surface area contributed by atoms with Crippen LogP contribution in [0.3, 0.4) is 0 Å². The molecule has 1 heterocycles. The van der Waals surface area contributed by atoms with Crippen LogP contribution in [-0.2, 0) is 10.6 Å². The zero-order valence-corrected chi connectivity index (χ0v) is 9.68. The van der Waals surface area contributed by atoms with Crippen molar-refractivity contribution in [1.29, 1.82) is 0 Å². The summed E-state index contributed by atoms with van der Waals surface area (Å²) in [6.45, 7) is 1.51. The first-order chi connectivity index (χ1) is 8.02. The molecule has 0 radical (unpaired) electrons. The van der Waals surface area contributed by atoms with Crippen LogP contribution in [0.4, 0.5) is 8.78 Å². The number of aromatic nitrogens is 1. The van der Waals surface area contributed by atoms with Crippen LogP contribution >= 0.6 is 11.6 Å². The predicted molar refractivity (Wildman–Crippen MR) is 57.5 cm³/mol. The molecular weight excluding hydrogens is 256 g/mol. The molecule has 0 amide bonds. The Labute approximate surface area is 101 Å². The Balaban J connectivity index is 3.44. The fourth-order valence-corrected chi connectivity index (χ4v) is 1.57. The van der Waals surface area contributed by atoms with Gasteiger partial charge >= 0.3 is 5.97 Å². The number of hydrogen-bond donors (Lipinski definition) is 1. The van der Waals surface area contributed by atoms with Crippen molar-refractivity contribution in [3.8, 4) is 0 Å². The van der Waals surface area contributed by atoms with Crippen molar-refractivity contribution >= 4 is 17.6 Å². The Morgan fingerprint density at radius 1 is 1.59 bits per heavy atom. The third kappa shape index (κ3) is 2.82. The smallest absolute Gasteiger partial charge is 0.344 e. The van der Waals surface area contributed by atoms with Crippen molar-refractivity contribution in [3.05, 3.63) is 33.2 Å². The van der Waals surface area contributed by atoms with E-state index in [9.17, 15) is 18.4 Å². The first-order valence-corrected chi connectivity index (χ1v) is 5.32. The summed E-state index contributed by atoms with van der Waals surface area (Å²) >= 11 is 5.47. The third-order valence-corrected chi connectivity index (χ3v) is 2.35. The zero-order chi connectivity index (χ0) is 13.0. The molecule has 0 aliphatic carbocycles. The van der Waals surface area contributed by atoms with Gasteiger partial charge in [-0.2, -0.15) is 0 Å². The second-order valence-corrected chi connectivity index (χ2v) is 3.35. The third-order valence-electron chi connectivity index (χ3n) is 2.06. The summed E-state index contributed by atoms with van der Waals surface area (Å²) in [4.78, 5) is 25.0. The van der Waals surface area contributed by atoms with Gasteiger partial charge in [0.1, 0.15) is 5.56 Å². The number of carbonyl (C=O) groups excluding carboxylic acids is 1. The number of alkyl halides is 3. The topological polar surface area (TPSA) is 59.2 Å². The summed E-state index contributed by atoms with van der Waals surface area (Å²) in [6, 6.07) is 0. The first-order valence-electron chi connectivity index (χ1n) is 4.78. The average molecular weight is 266 g/mol. The molecule has 0 unspecified atom stereocenters. The van der Waals surface area contributed by atoms with Gasteiger partial charge in [-0.15, -0.1) is 11.6 Å². The summed E-state index contributed by atoms with van der Waals surface area (Å²) in [5, 5.41) is 0. The van der Waals surface area contributed by atoms with Crippen LogP contribution in [0.2, 0.25) is 0 Å². The van der Waals surface area contributed by atoms with Gasteiger partial charge in [-0.05, 0) is 12.5 Å². The molecule has 1 rings (SSSR count). The van der Waals surface area contributed by atoms with Gasteiger partial charge in [0.05, 0.1) is 6.61 Å². The van der Waals surface area contributed by atoms with Gasteiger partial charge in [0.25, 0.3) is 12.0 Å². The Morgan fingerprint density at radius 3 is 2.71 bits per heavy atom. The van der Waals surface area contributed by atoms with Crippen LogP contribution in [0.1, 0.15) is 34.8 Å². The highest BCUT2D eigenvalue weighted by atomic mass is 35.5. The normalized spacial score (nSPS) is 10.6. The molecule has 7 heteroatoms. The summed E-state index contributed by atoms with van der Waals surface area (Å²) in [7, 11) is 0. The van der Waals surface area contributed by atoms with Crippen LogP contribution in [-0.4, -0.2) is 17.6 Å². The maximum absolute atomic E-state index is 12.8. The Hall–Kier alpha value is -1.43. The number of aromatic amines is 1. The average Bonchev–Trinajstić information content (AvgIpc) is 2.28. The minimum Gasteiger partial charge on any atom is -0.462 e. The largest absolute Gasteiger partial charge is 0.462 e. The van der Waals surface area contributed by atoms with E-state index < -0.39 is 29.1 Å². The lowest BCUT2D eigenvalue weighted by Gasteiger charge is -2.10. The zero-order valence-electron chi connectivity index (χ0n) is 8.93. The van der Waals surface area contributed by atoms with Crippen LogP contribution in [0.15, 0.2) is 11.0 Å². The van der Waals surface area contributed by atoms with E-state index in [1.54, 1.807) is 0 Å². The molecular formula is C10H10ClF2NO3. The number of nitrogens with one attached hydrogen (secondary N) is 1. The number of pyridine rings is 1. The number of rotatable bonds is 4. The lowest BCUT2D eigenvalue weighted by atomic mass is 10.1. The van der Waals surface area contributed by atoms with Gasteiger partial charge in [0, 0.05) is 17.6 Å². The highest BCUT2D eigenvalue weighted by Gasteiger charge is 2.26. The molecule has 0 spiro atoms. The van der Waals surface area contributed by atoms with Gasteiger partial charge in [-0.3, -0.25) is 4.79 Å². The van der Waals surface area contributed by atoms with Crippen LogP contribution in [0, 0.1) is 0 Å². The van der Waals surface area contributed by atoms with Crippen molar-refractivity contribution in [2.45, 2.75) is 19.2 Å². The van der Waals surface area contributed by atoms with Gasteiger partial charge in [-0.1, -0.05) is 0 Å². The molecule has 17 heavy (non-hydrogen) atoms. The molecule has 0 saturated carbocycles. The molecule has 0 saturated heterocycles. The minimum absolute atomic E-state index is 0.00400. The van der Waals surface area contributed by atoms with Crippen molar-refractivity contribution < 1.29 is 18.3 Å². The molecule has 0 aliphatic rings. The van der Waals surface area contributed by atoms with Crippen LogP contribution in [0.25, 0.3) is 0 Å². The lowest BCUT2D eigenvalue weighted by Crippen LogP contribution is -2.23. The number of ether oxygens (including phenoxy) is 1. The summed E-state index contributed by atoms with van der Waals surface area (Å²) in [5.74, 6) is -1.31. The van der Waals surface area contributed by atoms with Gasteiger partial charge in [0.15, 0.2) is 0 Å². The van der Waals surface area contributed by atoms with E-state index in [2.05, 4.69) is 9.72 Å². The summed E-state index contributed by atoms with van der Waals surface area (Å²) in [6.07, 6.45) is -1.90. The standard InChI is InChI=1S/C10H10ClF2NO3/c1-2-17-10(16)7-6(8(12)13)5(3-11)4-14-9(7)15/h4,8H,2-3H2,1H3,(H,14,15). The molecule has 1 N–H and O–H groups in total. The number of H-pyrrole nitrogens is 1. The van der Waals surface area contributed by atoms with Crippen molar-refractivity contribution in [2.24, 2.45) is 0 Å². The minimum atomic E-state index is -2.97. The van der Waals surface area contributed by atoms with Crippen molar-refractivity contribution in [1.82, 2.24) is 4.98 Å². The number of esters is 1. The maximum Gasteiger partial charge on any atom is 0.344 e. The Morgan fingerprint density at radius 2 is 2.24 bits per heavy atom. The number of hydrogen-bond acceptors (Lipinski definition) is 3. The second kappa shape index (κ2) is 5.77. The van der Waals surface area contributed by atoms with E-state index in [4.69, 9.17) is 11.6 Å². The fraction of sp³-hybridized carbons (Fsp3) is 0.400. The predicted octanol–water partition coefficient (Wildman–Crippen LogP) is 2.23. The lowest BCUT2D eigenvalue weighted by molar-refractivity contribution is 0.0512. The molecule has 0 fully saturated rings. The van der Waals surface area contributed by atoms with Gasteiger partial charge in [0.2, 0.25) is 0 Å². The van der Waals surface area contributed by atoms with E-state index in [0.29, 0.717) is 0 Å². The molecule has 4 nitrogen and oxygen atoms in total. The first kappa shape index (κ1) is 13.6. The summed E-state index contributed by atoms with van der Waals surface area (Å²) < 4.78 is 30.2. The highest BCUT2D eigenvalue weighted by Crippen LogP contribution is 2.26. The summed E-state index contributed by atoms with van der Waals surface area (Å²) in [5.41, 5.74) is -2.25. The van der Waals surface area contributed by atoms with Crippen LogP contribution in [0.5, 0.6) is 0 Å². The van der Waals surface area contributed by atoms with Gasteiger partial charge in [-0.25, -0.2) is 13.6 Å². The second-order valence-electron chi connectivity index (χ2n) is 3.09. The fourth-order valence-electron chi connectivity index (χ4n) is 1.35. The Kier molecular flexibility index (Phi) is 4.62. The molecule has 94 valence electrons. The molecule has 0 aliphatic heterocycles. The molecule has 1 aromatic rings. The van der Waals surface area contributed by atoms with Crippen LogP contribution < -0.4 is 5.56 Å². The molecule has 0 atom stereocenters. The highest BCUT2D eigenvalue weighted by molar-refractivity contribution is 6.17. The molecule has 0 bridgehead atoms. The quantitative estimate of drug-likeness (QED) is 0.671. The van der Waals surface area contributed by atoms with E-state index in [-0.39, 0.29) is 18.1 Å². The van der Waals surface area contributed by atoms with Crippen molar-refractivity contribution in [3.63, 3.8) is 0 Å². The van der Waals surface area contributed by atoms with E-state index >= 15 is 0 Å². The number of carbonyl (C=O) groups is 1. The number of halogens is 3. The molecule has 1 aromatic heterocycles. The van der Waals surface area contributed by atoms with E-state index in [0.717, 1.165) is 6.20 Å². The van der Waals surface area contributed by atoms with E-state index in [1.165, 1.54) is 6.92 Å². The van der Waals surface area contributed by atoms with Gasteiger partial charge < -0.3 is 9.72 Å².